The van der Waals surface area contributed by atoms with Gasteiger partial charge in [-0.25, -0.2) is 0 Å². The fourth-order valence-corrected chi connectivity index (χ4v) is 10.0. The van der Waals surface area contributed by atoms with Gasteiger partial charge in [0, 0.05) is 0 Å². The molecule has 0 radical (unpaired) electrons. The van der Waals surface area contributed by atoms with Gasteiger partial charge in [0.25, 0.3) is 0 Å². The van der Waals surface area contributed by atoms with Gasteiger partial charge < -0.3 is 35.0 Å². The molecule has 7 heteroatoms. The molecule has 0 spiro atoms. The molecule has 1 saturated heterocycles. The molecule has 5 N–H and O–H groups in total. The van der Waals surface area contributed by atoms with Crippen LogP contribution >= 0.6 is 0 Å². The van der Waals surface area contributed by atoms with Crippen molar-refractivity contribution in [2.75, 3.05) is 0 Å². The molecule has 0 amide bonds. The Balaban J connectivity index is 1.30. The normalized spacial score (nSPS) is 50.5. The molecule has 3 saturated carbocycles. The second kappa shape index (κ2) is 11.6. The number of aliphatic hydroxyl groups excluding tert-OH is 5. The highest BCUT2D eigenvalue weighted by molar-refractivity contribution is 5.28. The highest BCUT2D eigenvalue weighted by atomic mass is 16.7. The highest BCUT2D eigenvalue weighted by Gasteiger charge is 2.63. The Morgan fingerprint density at radius 1 is 1.02 bits per heavy atom. The number of hydrogen-bond donors (Lipinski definition) is 5. The van der Waals surface area contributed by atoms with Crippen molar-refractivity contribution < 1.29 is 35.0 Å². The molecular weight excluding hydrogens is 520 g/mol. The summed E-state index contributed by atoms with van der Waals surface area (Å²) in [4.78, 5) is 0. The number of fused-ring (bicyclic) bond motifs is 5. The van der Waals surface area contributed by atoms with Gasteiger partial charge in [-0.3, -0.25) is 0 Å². The molecule has 41 heavy (non-hydrogen) atoms. The Kier molecular flexibility index (Phi) is 8.95. The van der Waals surface area contributed by atoms with Gasteiger partial charge >= 0.3 is 0 Å². The van der Waals surface area contributed by atoms with E-state index in [0.717, 1.165) is 44.9 Å². The average molecular weight is 577 g/mol. The van der Waals surface area contributed by atoms with Crippen molar-refractivity contribution in [2.45, 2.75) is 142 Å². The van der Waals surface area contributed by atoms with Crippen LogP contribution in [0.15, 0.2) is 23.8 Å². The molecule has 0 aromatic heterocycles. The van der Waals surface area contributed by atoms with Crippen molar-refractivity contribution in [2.24, 2.45) is 46.3 Å². The third-order valence-corrected chi connectivity index (χ3v) is 12.7. The molecule has 0 bridgehead atoms. The Bertz CT molecular complexity index is 996. The lowest BCUT2D eigenvalue weighted by Gasteiger charge is -2.59. The van der Waals surface area contributed by atoms with E-state index >= 15 is 0 Å². The summed E-state index contributed by atoms with van der Waals surface area (Å²) in [6, 6.07) is 0. The maximum Gasteiger partial charge on any atom is 0.186 e. The number of hydrogen-bond acceptors (Lipinski definition) is 7. The van der Waals surface area contributed by atoms with Crippen LogP contribution < -0.4 is 0 Å². The Labute approximate surface area is 247 Å². The fourth-order valence-electron chi connectivity index (χ4n) is 10.0. The smallest absolute Gasteiger partial charge is 0.186 e. The van der Waals surface area contributed by atoms with Gasteiger partial charge in [0.05, 0.1) is 24.4 Å². The molecule has 0 aromatic carbocycles. The van der Waals surface area contributed by atoms with Crippen molar-refractivity contribution in [3.63, 3.8) is 0 Å². The van der Waals surface area contributed by atoms with Crippen molar-refractivity contribution in [3.05, 3.63) is 23.8 Å². The van der Waals surface area contributed by atoms with Crippen LogP contribution in [0.4, 0.5) is 0 Å². The first-order chi connectivity index (χ1) is 19.2. The number of rotatable bonds is 7. The van der Waals surface area contributed by atoms with Gasteiger partial charge in [0.15, 0.2) is 6.29 Å². The van der Waals surface area contributed by atoms with Crippen LogP contribution in [0.5, 0.6) is 0 Å². The first kappa shape index (κ1) is 31.6. The first-order valence-corrected chi connectivity index (χ1v) is 16.3. The lowest BCUT2D eigenvalue weighted by atomic mass is 9.46. The van der Waals surface area contributed by atoms with Crippen molar-refractivity contribution in [1.82, 2.24) is 0 Å². The Hall–Kier alpha value is -0.800. The van der Waals surface area contributed by atoms with Gasteiger partial charge in [0.2, 0.25) is 0 Å². The molecule has 0 aromatic rings. The summed E-state index contributed by atoms with van der Waals surface area (Å²) in [7, 11) is 0. The minimum Gasteiger partial charge on any atom is -0.393 e. The second-order valence-electron chi connectivity index (χ2n) is 15.3. The summed E-state index contributed by atoms with van der Waals surface area (Å²) in [5.41, 5.74) is 2.49. The average Bonchev–Trinajstić information content (AvgIpc) is 3.19. The summed E-state index contributed by atoms with van der Waals surface area (Å²) in [6.45, 7) is 17.4. The summed E-state index contributed by atoms with van der Waals surface area (Å²) in [6.07, 6.45) is 2.92. The quantitative estimate of drug-likeness (QED) is 0.286. The van der Waals surface area contributed by atoms with E-state index in [4.69, 9.17) is 9.47 Å². The van der Waals surface area contributed by atoms with Crippen molar-refractivity contribution in [3.8, 4) is 0 Å². The van der Waals surface area contributed by atoms with Crippen LogP contribution in [0.3, 0.4) is 0 Å². The van der Waals surface area contributed by atoms with Crippen LogP contribution in [0.25, 0.3) is 0 Å². The Morgan fingerprint density at radius 2 is 1.73 bits per heavy atom. The van der Waals surface area contributed by atoms with E-state index in [0.29, 0.717) is 24.2 Å². The van der Waals surface area contributed by atoms with Gasteiger partial charge in [-0.2, -0.15) is 0 Å². The van der Waals surface area contributed by atoms with E-state index in [-0.39, 0.29) is 40.8 Å². The summed E-state index contributed by atoms with van der Waals surface area (Å²) >= 11 is 0. The zero-order valence-corrected chi connectivity index (χ0v) is 26.1. The fraction of sp³-hybridized carbons (Fsp3) is 0.882. The molecule has 5 rings (SSSR count). The lowest BCUT2D eigenvalue weighted by Crippen LogP contribution is -2.58. The zero-order chi connectivity index (χ0) is 30.0. The van der Waals surface area contributed by atoms with E-state index in [1.807, 2.05) is 0 Å². The predicted molar refractivity (Wildman–Crippen MR) is 158 cm³/mol. The van der Waals surface area contributed by atoms with Gasteiger partial charge in [-0.05, 0) is 105 Å². The first-order valence-electron chi connectivity index (χ1n) is 16.3. The number of ether oxygens (including phenoxy) is 2. The predicted octanol–water partition coefficient (Wildman–Crippen LogP) is 4.35. The molecule has 0 unspecified atom stereocenters. The summed E-state index contributed by atoms with van der Waals surface area (Å²) < 4.78 is 11.9. The highest BCUT2D eigenvalue weighted by Crippen LogP contribution is 2.67. The minimum absolute atomic E-state index is 0.0126. The Morgan fingerprint density at radius 3 is 2.41 bits per heavy atom. The molecule has 1 heterocycles. The van der Waals surface area contributed by atoms with Crippen LogP contribution in [0.2, 0.25) is 0 Å². The van der Waals surface area contributed by atoms with E-state index in [1.54, 1.807) is 6.92 Å². The van der Waals surface area contributed by atoms with Crippen LogP contribution in [-0.2, 0) is 9.47 Å². The monoisotopic (exact) mass is 576 g/mol. The van der Waals surface area contributed by atoms with E-state index in [2.05, 4.69) is 47.3 Å². The molecule has 5 aliphatic rings. The lowest BCUT2D eigenvalue weighted by molar-refractivity contribution is -0.306. The minimum atomic E-state index is -1.31. The van der Waals surface area contributed by atoms with Crippen LogP contribution in [-0.4, -0.2) is 74.6 Å². The third-order valence-electron chi connectivity index (χ3n) is 12.7. The van der Waals surface area contributed by atoms with E-state index < -0.39 is 36.8 Å². The number of allylic oxidation sites excluding steroid dienone is 1. The van der Waals surface area contributed by atoms with Crippen LogP contribution in [0, 0.1) is 46.3 Å². The SMILES string of the molecule is C=C(CC[C@@H](C)[C@H]1[C@@H](O)C[C@H]2[C@@H]3[C@@H](O)C=C4C[C@@H](O[C@@H]5O[C@@H](C)[C@@H](O)[C@@H](O)[C@@H]5O)CC[C@]4(C)[C@H]3CC[C@]12C)C(C)C. The second-order valence-corrected chi connectivity index (χ2v) is 15.3. The van der Waals surface area contributed by atoms with Gasteiger partial charge in [-0.15, -0.1) is 0 Å². The molecular formula is C34H56O7. The zero-order valence-electron chi connectivity index (χ0n) is 26.1. The third kappa shape index (κ3) is 5.40. The van der Waals surface area contributed by atoms with Crippen molar-refractivity contribution >= 4 is 0 Å². The maximum atomic E-state index is 11.7. The molecule has 234 valence electrons. The molecule has 15 atom stereocenters. The summed E-state index contributed by atoms with van der Waals surface area (Å²) in [5, 5.41) is 53.9. The van der Waals surface area contributed by atoms with E-state index in [9.17, 15) is 25.5 Å². The maximum absolute atomic E-state index is 11.7. The standard InChI is InChI=1S/C34H56O7/c1-17(2)18(3)8-9-19(4)28-26(36)16-24-27-23(11-13-34(24,28)7)33(6)12-10-22(14-21(33)15-25(27)35)41-32-31(39)30(38)29(37)20(5)40-32/h15,17,19-20,22-32,35-39H,3,8-14,16H2,1-2,4-7H3/t19-,20+,22+,23+,24+,25+,26+,27-,28+,29-,30-,31+,32+,33+,34+/m1/s1. The van der Waals surface area contributed by atoms with Gasteiger partial charge in [-0.1, -0.05) is 58.4 Å². The topological polar surface area (TPSA) is 120 Å². The van der Waals surface area contributed by atoms with Gasteiger partial charge in [0.1, 0.15) is 18.3 Å². The van der Waals surface area contributed by atoms with Crippen molar-refractivity contribution in [1.29, 1.82) is 0 Å². The van der Waals surface area contributed by atoms with E-state index in [1.165, 1.54) is 11.1 Å². The molecule has 7 nitrogen and oxygen atoms in total. The largest absolute Gasteiger partial charge is 0.393 e. The summed E-state index contributed by atoms with van der Waals surface area (Å²) in [5.74, 6) is 1.90. The molecule has 4 aliphatic carbocycles. The number of aliphatic hydroxyl groups is 5. The molecule has 1 aliphatic heterocycles. The van der Waals surface area contributed by atoms with Crippen LogP contribution in [0.1, 0.15) is 92.9 Å². The molecule has 4 fully saturated rings.